The molecule has 35 heavy (non-hydrogen) atoms. The molecule has 1 atom stereocenters. The van der Waals surface area contributed by atoms with Crippen LogP contribution in [0.4, 0.5) is 4.39 Å². The second kappa shape index (κ2) is 12.8. The van der Waals surface area contributed by atoms with Crippen LogP contribution in [0.15, 0.2) is 72.8 Å². The summed E-state index contributed by atoms with van der Waals surface area (Å²) in [5.41, 5.74) is 4.33. The number of hydrogen-bond donors (Lipinski definition) is 1. The van der Waals surface area contributed by atoms with Crippen molar-refractivity contribution in [2.24, 2.45) is 0 Å². The van der Waals surface area contributed by atoms with Crippen LogP contribution in [0.3, 0.4) is 0 Å². The minimum Gasteiger partial charge on any atom is -0.354 e. The van der Waals surface area contributed by atoms with E-state index in [0.717, 1.165) is 35.1 Å². The summed E-state index contributed by atoms with van der Waals surface area (Å²) < 4.78 is 14.7. The molecule has 0 radical (unpaired) electrons. The van der Waals surface area contributed by atoms with E-state index >= 15 is 0 Å². The average molecular weight is 475 g/mol. The molecule has 0 aliphatic rings. The Balaban J connectivity index is 1.98. The maximum absolute atomic E-state index is 14.7. The van der Waals surface area contributed by atoms with Gasteiger partial charge >= 0.3 is 0 Å². The quantitative estimate of drug-likeness (QED) is 0.371. The number of nitrogens with zero attached hydrogens (tertiary/aromatic N) is 1. The summed E-state index contributed by atoms with van der Waals surface area (Å²) in [6.45, 7) is 6.59. The van der Waals surface area contributed by atoms with Crippen LogP contribution in [0.25, 0.3) is 0 Å². The third kappa shape index (κ3) is 7.51. The molecule has 0 aliphatic carbocycles. The van der Waals surface area contributed by atoms with Crippen LogP contribution in [0.1, 0.15) is 47.6 Å². The van der Waals surface area contributed by atoms with E-state index < -0.39 is 6.04 Å². The van der Waals surface area contributed by atoms with Crippen LogP contribution in [0.5, 0.6) is 0 Å². The Hall–Kier alpha value is -3.47. The van der Waals surface area contributed by atoms with Crippen LogP contribution >= 0.6 is 0 Å². The Bertz CT molecular complexity index is 1130. The van der Waals surface area contributed by atoms with Crippen LogP contribution in [-0.2, 0) is 29.0 Å². The van der Waals surface area contributed by atoms with E-state index in [0.29, 0.717) is 18.5 Å². The monoisotopic (exact) mass is 474 g/mol. The van der Waals surface area contributed by atoms with Gasteiger partial charge in [0.15, 0.2) is 0 Å². The van der Waals surface area contributed by atoms with Crippen molar-refractivity contribution < 1.29 is 14.0 Å². The molecule has 1 N–H and O–H groups in total. The molecule has 4 nitrogen and oxygen atoms in total. The van der Waals surface area contributed by atoms with E-state index in [9.17, 15) is 14.0 Å². The Morgan fingerprint density at radius 1 is 0.943 bits per heavy atom. The van der Waals surface area contributed by atoms with Gasteiger partial charge in [0.25, 0.3) is 0 Å². The van der Waals surface area contributed by atoms with Gasteiger partial charge in [0.1, 0.15) is 11.9 Å². The number of aryl methyl sites for hydroxylation is 2. The molecule has 0 heterocycles. The summed E-state index contributed by atoms with van der Waals surface area (Å²) in [7, 11) is 0. The highest BCUT2D eigenvalue weighted by atomic mass is 19.1. The molecule has 3 aromatic carbocycles. The van der Waals surface area contributed by atoms with Gasteiger partial charge in [-0.05, 0) is 43.0 Å². The van der Waals surface area contributed by atoms with Crippen molar-refractivity contribution in [1.29, 1.82) is 0 Å². The van der Waals surface area contributed by atoms with Crippen LogP contribution in [0.2, 0.25) is 0 Å². The summed E-state index contributed by atoms with van der Waals surface area (Å²) in [4.78, 5) is 28.7. The van der Waals surface area contributed by atoms with E-state index in [2.05, 4.69) is 12.2 Å². The lowest BCUT2D eigenvalue weighted by Gasteiger charge is -2.32. The maximum Gasteiger partial charge on any atom is 0.243 e. The van der Waals surface area contributed by atoms with Gasteiger partial charge in [0.2, 0.25) is 11.8 Å². The number of carbonyl (C=O) groups is 2. The van der Waals surface area contributed by atoms with Gasteiger partial charge in [-0.3, -0.25) is 9.59 Å². The lowest BCUT2D eigenvalue weighted by Crippen LogP contribution is -2.51. The van der Waals surface area contributed by atoms with Gasteiger partial charge in [-0.2, -0.15) is 0 Å². The van der Waals surface area contributed by atoms with Crippen molar-refractivity contribution in [3.63, 3.8) is 0 Å². The zero-order chi connectivity index (χ0) is 25.2. The molecule has 0 saturated carbocycles. The molecule has 2 amide bonds. The zero-order valence-electron chi connectivity index (χ0n) is 20.9. The van der Waals surface area contributed by atoms with E-state index in [1.807, 2.05) is 62.4 Å². The predicted molar refractivity (Wildman–Crippen MR) is 138 cm³/mol. The summed E-state index contributed by atoms with van der Waals surface area (Å²) >= 11 is 0. The molecule has 5 heteroatoms. The van der Waals surface area contributed by atoms with E-state index in [1.165, 1.54) is 6.07 Å². The molecule has 0 spiro atoms. The minimum atomic E-state index is -0.758. The molecule has 0 saturated heterocycles. The normalized spacial score (nSPS) is 11.7. The Kier molecular flexibility index (Phi) is 9.59. The second-order valence-electron chi connectivity index (χ2n) is 9.07. The number of amides is 2. The molecule has 3 aromatic rings. The lowest BCUT2D eigenvalue weighted by molar-refractivity contribution is -0.140. The fourth-order valence-corrected chi connectivity index (χ4v) is 4.13. The van der Waals surface area contributed by atoms with Gasteiger partial charge in [-0.25, -0.2) is 4.39 Å². The highest BCUT2D eigenvalue weighted by molar-refractivity contribution is 5.89. The highest BCUT2D eigenvalue weighted by Crippen LogP contribution is 2.19. The smallest absolute Gasteiger partial charge is 0.243 e. The average Bonchev–Trinajstić information content (AvgIpc) is 2.85. The van der Waals surface area contributed by atoms with Gasteiger partial charge in [0, 0.05) is 25.1 Å². The number of rotatable bonds is 11. The third-order valence-electron chi connectivity index (χ3n) is 6.25. The van der Waals surface area contributed by atoms with Crippen molar-refractivity contribution in [3.8, 4) is 0 Å². The standard InChI is InChI=1S/C30H35FN2O2/c1-4-5-17-32-30(35)28(19-24-11-7-6-8-12-24)33(21-25-13-9-10-14-27(25)31)29(34)20-26-18-22(2)15-16-23(26)3/h6-16,18,28H,4-5,17,19-21H2,1-3H3,(H,32,35)/t28-/m0/s1. The van der Waals surface area contributed by atoms with Gasteiger partial charge in [0.05, 0.1) is 6.42 Å². The Morgan fingerprint density at radius 3 is 2.37 bits per heavy atom. The van der Waals surface area contributed by atoms with Gasteiger partial charge < -0.3 is 10.2 Å². The first-order valence-electron chi connectivity index (χ1n) is 12.3. The first kappa shape index (κ1) is 26.1. The third-order valence-corrected chi connectivity index (χ3v) is 6.25. The largest absolute Gasteiger partial charge is 0.354 e. The minimum absolute atomic E-state index is 0.0229. The molecule has 0 aromatic heterocycles. The maximum atomic E-state index is 14.7. The van der Waals surface area contributed by atoms with Crippen LogP contribution in [0, 0.1) is 19.7 Å². The first-order chi connectivity index (χ1) is 16.9. The molecule has 0 unspecified atom stereocenters. The number of unbranched alkanes of at least 4 members (excludes halogenated alkanes) is 1. The SMILES string of the molecule is CCCCNC(=O)[C@H](Cc1ccccc1)N(Cc1ccccc1F)C(=O)Cc1cc(C)ccc1C. The number of hydrogen-bond acceptors (Lipinski definition) is 2. The topological polar surface area (TPSA) is 49.4 Å². The second-order valence-corrected chi connectivity index (χ2v) is 9.07. The zero-order valence-corrected chi connectivity index (χ0v) is 20.9. The van der Waals surface area contributed by atoms with E-state index in [-0.39, 0.29) is 30.6 Å². The number of halogens is 1. The van der Waals surface area contributed by atoms with Crippen molar-refractivity contribution >= 4 is 11.8 Å². The Morgan fingerprint density at radius 2 is 1.66 bits per heavy atom. The van der Waals surface area contributed by atoms with E-state index in [4.69, 9.17) is 0 Å². The molecular formula is C30H35FN2O2. The summed E-state index contributed by atoms with van der Waals surface area (Å²) in [6, 6.07) is 21.3. The van der Waals surface area contributed by atoms with Crippen molar-refractivity contribution in [2.75, 3.05) is 6.54 Å². The molecule has 0 bridgehead atoms. The van der Waals surface area contributed by atoms with Crippen molar-refractivity contribution in [2.45, 2.75) is 59.0 Å². The lowest BCUT2D eigenvalue weighted by atomic mass is 9.99. The molecule has 3 rings (SSSR count). The Labute approximate surface area is 208 Å². The number of nitrogens with one attached hydrogen (secondary N) is 1. The first-order valence-corrected chi connectivity index (χ1v) is 12.3. The summed E-state index contributed by atoms with van der Waals surface area (Å²) in [5, 5.41) is 3.00. The predicted octanol–water partition coefficient (Wildman–Crippen LogP) is 5.54. The number of carbonyl (C=O) groups excluding carboxylic acids is 2. The summed E-state index contributed by atoms with van der Waals surface area (Å²) in [5.74, 6) is -0.802. The summed E-state index contributed by atoms with van der Waals surface area (Å²) in [6.07, 6.45) is 2.31. The number of benzene rings is 3. The fraction of sp³-hybridized carbons (Fsp3) is 0.333. The van der Waals surface area contributed by atoms with Gasteiger partial charge in [-0.1, -0.05) is 85.6 Å². The van der Waals surface area contributed by atoms with Gasteiger partial charge in [-0.15, -0.1) is 0 Å². The van der Waals surface area contributed by atoms with Crippen molar-refractivity contribution in [3.05, 3.63) is 106 Å². The molecule has 0 fully saturated rings. The highest BCUT2D eigenvalue weighted by Gasteiger charge is 2.31. The fourth-order valence-electron chi connectivity index (χ4n) is 4.13. The van der Waals surface area contributed by atoms with Crippen molar-refractivity contribution in [1.82, 2.24) is 10.2 Å². The molecule has 0 aliphatic heterocycles. The van der Waals surface area contributed by atoms with Crippen LogP contribution in [-0.4, -0.2) is 29.3 Å². The molecular weight excluding hydrogens is 439 g/mol. The van der Waals surface area contributed by atoms with E-state index in [1.54, 1.807) is 23.1 Å². The van der Waals surface area contributed by atoms with Crippen LogP contribution < -0.4 is 5.32 Å². The molecule has 184 valence electrons.